The summed E-state index contributed by atoms with van der Waals surface area (Å²) >= 11 is 0. The normalized spacial score (nSPS) is 15.2. The van der Waals surface area contributed by atoms with Gasteiger partial charge in [0.15, 0.2) is 23.0 Å². The first-order chi connectivity index (χ1) is 26.3. The molecule has 0 spiro atoms. The summed E-state index contributed by atoms with van der Waals surface area (Å²) in [7, 11) is 0. The van der Waals surface area contributed by atoms with Crippen LogP contribution in [0.1, 0.15) is 22.3 Å². The van der Waals surface area contributed by atoms with E-state index < -0.39 is 5.41 Å². The molecule has 0 radical (unpaired) electrons. The molecule has 0 amide bonds. The first-order valence-electron chi connectivity index (χ1n) is 17.9. The molecule has 1 atom stereocenters. The Hall–Kier alpha value is -7.04. The molecule has 0 bridgehead atoms. The summed E-state index contributed by atoms with van der Waals surface area (Å²) in [5.41, 5.74) is 11.0. The standard InChI is InChI=1S/C49H31NO3/c1-3-13-34(14-4-1)50(35-15-5-2-6-16-35)36-26-23-32(24-27-36)49(33-25-28-38-37-17-8-10-20-42(37)51-46(38)31-33)40-19-9-7-18-39(40)47-41(49)29-30-45-48(47)53-44-22-12-11-21-43(44)52-45/h1-31H. The Kier molecular flexibility index (Phi) is 6.43. The summed E-state index contributed by atoms with van der Waals surface area (Å²) in [6.45, 7) is 0. The van der Waals surface area contributed by atoms with Crippen molar-refractivity contribution in [1.82, 2.24) is 0 Å². The van der Waals surface area contributed by atoms with Crippen LogP contribution in [0, 0.1) is 0 Å². The highest BCUT2D eigenvalue weighted by molar-refractivity contribution is 6.05. The van der Waals surface area contributed by atoms with Gasteiger partial charge in [-0.05, 0) is 94.5 Å². The van der Waals surface area contributed by atoms with Crippen LogP contribution in [0.2, 0.25) is 0 Å². The zero-order chi connectivity index (χ0) is 34.9. The Morgan fingerprint density at radius 3 is 1.77 bits per heavy atom. The Bertz CT molecular complexity index is 2800. The molecule has 2 heterocycles. The lowest BCUT2D eigenvalue weighted by atomic mass is 9.67. The molecule has 4 heteroatoms. The fourth-order valence-corrected chi connectivity index (χ4v) is 8.56. The maximum Gasteiger partial charge on any atom is 0.178 e. The van der Waals surface area contributed by atoms with Gasteiger partial charge in [0.25, 0.3) is 0 Å². The summed E-state index contributed by atoms with van der Waals surface area (Å²) in [5.74, 6) is 2.86. The van der Waals surface area contributed by atoms with Crippen molar-refractivity contribution in [2.24, 2.45) is 0 Å². The van der Waals surface area contributed by atoms with Crippen molar-refractivity contribution >= 4 is 39.0 Å². The molecule has 4 nitrogen and oxygen atoms in total. The lowest BCUT2D eigenvalue weighted by Gasteiger charge is -2.35. The van der Waals surface area contributed by atoms with E-state index in [-0.39, 0.29) is 0 Å². The second-order valence-corrected chi connectivity index (χ2v) is 13.6. The summed E-state index contributed by atoms with van der Waals surface area (Å²) in [5, 5.41) is 2.21. The molecule has 1 unspecified atom stereocenters. The fraction of sp³-hybridized carbons (Fsp3) is 0.0204. The Morgan fingerprint density at radius 1 is 0.396 bits per heavy atom. The topological polar surface area (TPSA) is 34.8 Å². The van der Waals surface area contributed by atoms with Gasteiger partial charge in [-0.25, -0.2) is 0 Å². The quantitative estimate of drug-likeness (QED) is 0.181. The molecule has 8 aromatic carbocycles. The molecule has 2 aliphatic rings. The van der Waals surface area contributed by atoms with Gasteiger partial charge >= 0.3 is 0 Å². The second kappa shape index (κ2) is 11.5. The van der Waals surface area contributed by atoms with E-state index in [9.17, 15) is 0 Å². The van der Waals surface area contributed by atoms with Gasteiger partial charge < -0.3 is 18.8 Å². The van der Waals surface area contributed by atoms with Gasteiger partial charge in [-0.2, -0.15) is 0 Å². The lowest BCUT2D eigenvalue weighted by Crippen LogP contribution is -2.28. The van der Waals surface area contributed by atoms with E-state index in [2.05, 4.69) is 157 Å². The van der Waals surface area contributed by atoms with Crippen molar-refractivity contribution in [3.63, 3.8) is 0 Å². The van der Waals surface area contributed by atoms with Crippen molar-refractivity contribution in [2.45, 2.75) is 5.41 Å². The van der Waals surface area contributed by atoms with Crippen LogP contribution in [0.25, 0.3) is 33.1 Å². The monoisotopic (exact) mass is 681 g/mol. The number of ether oxygens (including phenoxy) is 2. The fourth-order valence-electron chi connectivity index (χ4n) is 8.56. The molecule has 53 heavy (non-hydrogen) atoms. The van der Waals surface area contributed by atoms with Crippen molar-refractivity contribution in [2.75, 3.05) is 4.90 Å². The van der Waals surface area contributed by atoms with Gasteiger partial charge in [0.05, 0.1) is 5.41 Å². The van der Waals surface area contributed by atoms with E-state index in [1.807, 2.05) is 36.4 Å². The molecule has 0 N–H and O–H groups in total. The maximum atomic E-state index is 6.75. The number of hydrogen-bond acceptors (Lipinski definition) is 4. The molecular weight excluding hydrogens is 651 g/mol. The molecule has 250 valence electrons. The van der Waals surface area contributed by atoms with E-state index in [1.54, 1.807) is 0 Å². The van der Waals surface area contributed by atoms with Gasteiger partial charge in [-0.3, -0.25) is 0 Å². The minimum Gasteiger partial charge on any atom is -0.456 e. The highest BCUT2D eigenvalue weighted by Gasteiger charge is 2.48. The highest BCUT2D eigenvalue weighted by Crippen LogP contribution is 2.62. The third kappa shape index (κ3) is 4.36. The third-order valence-electron chi connectivity index (χ3n) is 10.8. The van der Waals surface area contributed by atoms with Gasteiger partial charge in [-0.15, -0.1) is 0 Å². The van der Waals surface area contributed by atoms with Crippen molar-refractivity contribution in [1.29, 1.82) is 0 Å². The highest BCUT2D eigenvalue weighted by atomic mass is 16.6. The zero-order valence-corrected chi connectivity index (χ0v) is 28.6. The van der Waals surface area contributed by atoms with Gasteiger partial charge in [-0.1, -0.05) is 121 Å². The molecule has 1 aliphatic heterocycles. The van der Waals surface area contributed by atoms with E-state index in [4.69, 9.17) is 13.9 Å². The van der Waals surface area contributed by atoms with E-state index >= 15 is 0 Å². The zero-order valence-electron chi connectivity index (χ0n) is 28.6. The van der Waals surface area contributed by atoms with Crippen molar-refractivity contribution in [3.05, 3.63) is 210 Å². The smallest absolute Gasteiger partial charge is 0.178 e. The van der Waals surface area contributed by atoms with Crippen molar-refractivity contribution < 1.29 is 13.9 Å². The molecule has 1 aromatic heterocycles. The van der Waals surface area contributed by atoms with Crippen LogP contribution in [0.5, 0.6) is 23.0 Å². The van der Waals surface area contributed by atoms with Crippen LogP contribution in [0.4, 0.5) is 17.1 Å². The van der Waals surface area contributed by atoms with Crippen LogP contribution in [-0.4, -0.2) is 0 Å². The predicted molar refractivity (Wildman–Crippen MR) is 212 cm³/mol. The van der Waals surface area contributed by atoms with Crippen LogP contribution in [-0.2, 0) is 5.41 Å². The number of nitrogens with zero attached hydrogens (tertiary/aromatic N) is 1. The largest absolute Gasteiger partial charge is 0.456 e. The molecule has 11 rings (SSSR count). The lowest BCUT2D eigenvalue weighted by molar-refractivity contribution is 0.360. The summed E-state index contributed by atoms with van der Waals surface area (Å²) in [6.07, 6.45) is 0. The van der Waals surface area contributed by atoms with Crippen LogP contribution >= 0.6 is 0 Å². The molecule has 0 saturated heterocycles. The summed E-state index contributed by atoms with van der Waals surface area (Å²) in [6, 6.07) is 65.9. The SMILES string of the molecule is c1ccc(N(c2ccccc2)c2ccc(C3(c4ccc5c(c4)oc4ccccc45)c4ccccc4-c4c3ccc3c4Oc4ccccc4O3)cc2)cc1. The molecule has 1 aliphatic carbocycles. The molecule has 9 aromatic rings. The van der Waals surface area contributed by atoms with Crippen LogP contribution < -0.4 is 14.4 Å². The molecule has 0 saturated carbocycles. The maximum absolute atomic E-state index is 6.75. The first kappa shape index (κ1) is 29.7. The van der Waals surface area contributed by atoms with Gasteiger partial charge in [0.1, 0.15) is 11.2 Å². The summed E-state index contributed by atoms with van der Waals surface area (Å²) < 4.78 is 19.8. The second-order valence-electron chi connectivity index (χ2n) is 13.6. The third-order valence-corrected chi connectivity index (χ3v) is 10.8. The Labute approximate surface area is 306 Å². The van der Waals surface area contributed by atoms with E-state index in [1.165, 1.54) is 5.56 Å². The molecular formula is C49H31NO3. The number of rotatable bonds is 5. The van der Waals surface area contributed by atoms with E-state index in [0.29, 0.717) is 17.2 Å². The average Bonchev–Trinajstić information content (AvgIpc) is 3.75. The van der Waals surface area contributed by atoms with Crippen LogP contribution in [0.15, 0.2) is 192 Å². The Morgan fingerprint density at radius 2 is 1.00 bits per heavy atom. The van der Waals surface area contributed by atoms with E-state index in [0.717, 1.165) is 72.6 Å². The predicted octanol–water partition coefficient (Wildman–Crippen LogP) is 13.3. The number of furan rings is 1. The minimum absolute atomic E-state index is 0.697. The number of benzene rings is 8. The number of anilines is 3. The number of para-hydroxylation sites is 5. The average molecular weight is 682 g/mol. The first-order valence-corrected chi connectivity index (χ1v) is 17.9. The minimum atomic E-state index is -0.697. The number of fused-ring (bicyclic) bond motifs is 9. The van der Waals surface area contributed by atoms with Crippen molar-refractivity contribution in [3.8, 4) is 34.1 Å². The van der Waals surface area contributed by atoms with Crippen LogP contribution in [0.3, 0.4) is 0 Å². The Balaban J connectivity index is 1.17. The molecule has 0 fully saturated rings. The number of hydrogen-bond donors (Lipinski definition) is 0. The van der Waals surface area contributed by atoms with Gasteiger partial charge in [0.2, 0.25) is 0 Å². The van der Waals surface area contributed by atoms with Gasteiger partial charge in [0, 0.05) is 33.4 Å². The summed E-state index contributed by atoms with van der Waals surface area (Å²) in [4.78, 5) is 2.30.